The third-order valence-electron chi connectivity index (χ3n) is 3.38. The van der Waals surface area contributed by atoms with Gasteiger partial charge in [0.25, 0.3) is 0 Å². The second kappa shape index (κ2) is 7.10. The Morgan fingerprint density at radius 3 is 2.85 bits per heavy atom. The lowest BCUT2D eigenvalue weighted by Crippen LogP contribution is -2.20. The fraction of sp³-hybridized carbons (Fsp3) is 0.438. The zero-order valence-electron chi connectivity index (χ0n) is 12.5. The summed E-state index contributed by atoms with van der Waals surface area (Å²) in [6, 6.07) is 8.49. The first-order valence-electron chi connectivity index (χ1n) is 7.12. The van der Waals surface area contributed by atoms with Crippen molar-refractivity contribution >= 4 is 0 Å². The molecular formula is C16H23N3O. The largest absolute Gasteiger partial charge is 0.487 e. The summed E-state index contributed by atoms with van der Waals surface area (Å²) in [7, 11) is 1.98. The molecule has 1 aromatic heterocycles. The molecule has 0 fully saturated rings. The summed E-state index contributed by atoms with van der Waals surface area (Å²) in [6.45, 7) is 5.89. The van der Waals surface area contributed by atoms with Gasteiger partial charge in [0.2, 0.25) is 0 Å². The van der Waals surface area contributed by atoms with E-state index in [0.717, 1.165) is 24.4 Å². The number of hydrogen-bond acceptors (Lipinski definition) is 3. The number of para-hydroxylation sites is 1. The second-order valence-electron chi connectivity index (χ2n) is 5.00. The van der Waals surface area contributed by atoms with Crippen molar-refractivity contribution in [2.45, 2.75) is 32.9 Å². The molecule has 1 aromatic carbocycles. The van der Waals surface area contributed by atoms with Gasteiger partial charge in [0.05, 0.1) is 18.2 Å². The molecule has 0 saturated heterocycles. The van der Waals surface area contributed by atoms with Crippen LogP contribution in [0, 0.1) is 0 Å². The van der Waals surface area contributed by atoms with Crippen LogP contribution < -0.4 is 10.1 Å². The number of imidazole rings is 1. The summed E-state index contributed by atoms with van der Waals surface area (Å²) < 4.78 is 7.94. The minimum atomic E-state index is 0.290. The lowest BCUT2D eigenvalue weighted by molar-refractivity contribution is 0.291. The van der Waals surface area contributed by atoms with Crippen LogP contribution in [-0.2, 0) is 13.7 Å². The van der Waals surface area contributed by atoms with Crippen LogP contribution in [0.25, 0.3) is 0 Å². The molecule has 1 heterocycles. The maximum atomic E-state index is 5.96. The zero-order valence-corrected chi connectivity index (χ0v) is 12.5. The van der Waals surface area contributed by atoms with E-state index >= 15 is 0 Å². The number of nitrogens with one attached hydrogen (secondary N) is 1. The fourth-order valence-electron chi connectivity index (χ4n) is 2.12. The van der Waals surface area contributed by atoms with Gasteiger partial charge in [0, 0.05) is 18.7 Å². The minimum Gasteiger partial charge on any atom is -0.487 e. The molecule has 0 aliphatic rings. The normalized spacial score (nSPS) is 12.3. The van der Waals surface area contributed by atoms with Gasteiger partial charge < -0.3 is 14.6 Å². The van der Waals surface area contributed by atoms with E-state index in [-0.39, 0.29) is 6.04 Å². The Morgan fingerprint density at radius 1 is 1.35 bits per heavy atom. The smallest absolute Gasteiger partial charge is 0.130 e. The highest BCUT2D eigenvalue weighted by molar-refractivity contribution is 5.35. The Bertz CT molecular complexity index is 536. The number of rotatable bonds is 7. The van der Waals surface area contributed by atoms with E-state index in [1.165, 1.54) is 5.56 Å². The van der Waals surface area contributed by atoms with Gasteiger partial charge in [0.1, 0.15) is 12.4 Å². The maximum absolute atomic E-state index is 5.96. The van der Waals surface area contributed by atoms with Gasteiger partial charge in [-0.05, 0) is 26.0 Å². The highest BCUT2D eigenvalue weighted by Crippen LogP contribution is 2.25. The average Bonchev–Trinajstić information content (AvgIpc) is 2.88. The molecule has 4 nitrogen and oxygen atoms in total. The van der Waals surface area contributed by atoms with Crippen molar-refractivity contribution < 1.29 is 4.74 Å². The number of benzene rings is 1. The highest BCUT2D eigenvalue weighted by Gasteiger charge is 2.11. The summed E-state index contributed by atoms with van der Waals surface area (Å²) in [6.07, 6.45) is 4.75. The monoisotopic (exact) mass is 273 g/mol. The first-order valence-corrected chi connectivity index (χ1v) is 7.12. The van der Waals surface area contributed by atoms with E-state index in [0.29, 0.717) is 6.61 Å². The predicted octanol–water partition coefficient (Wildman–Crippen LogP) is 3.06. The zero-order chi connectivity index (χ0) is 14.4. The number of aromatic nitrogens is 2. The van der Waals surface area contributed by atoms with Crippen LogP contribution in [0.1, 0.15) is 37.6 Å². The van der Waals surface area contributed by atoms with E-state index in [1.54, 1.807) is 6.33 Å². The molecule has 1 atom stereocenters. The van der Waals surface area contributed by atoms with Crippen molar-refractivity contribution in [2.24, 2.45) is 7.05 Å². The Kier molecular flexibility index (Phi) is 5.18. The molecule has 2 rings (SSSR count). The molecule has 1 unspecified atom stereocenters. The van der Waals surface area contributed by atoms with Crippen molar-refractivity contribution in [1.82, 2.24) is 14.9 Å². The molecule has 1 N–H and O–H groups in total. The molecule has 2 aromatic rings. The van der Waals surface area contributed by atoms with Gasteiger partial charge >= 0.3 is 0 Å². The maximum Gasteiger partial charge on any atom is 0.130 e. The van der Waals surface area contributed by atoms with Crippen molar-refractivity contribution in [1.29, 1.82) is 0 Å². The van der Waals surface area contributed by atoms with Crippen molar-refractivity contribution in [3.63, 3.8) is 0 Å². The first-order chi connectivity index (χ1) is 9.72. The average molecular weight is 273 g/mol. The van der Waals surface area contributed by atoms with E-state index in [9.17, 15) is 0 Å². The third-order valence-corrected chi connectivity index (χ3v) is 3.38. The van der Waals surface area contributed by atoms with Crippen LogP contribution >= 0.6 is 0 Å². The SMILES string of the molecule is CCCNC(C)c1ccccc1OCc1cncn1C. The molecule has 0 amide bonds. The summed E-state index contributed by atoms with van der Waals surface area (Å²) in [5.41, 5.74) is 2.26. The van der Waals surface area contributed by atoms with Crippen LogP contribution in [0.5, 0.6) is 5.75 Å². The Hall–Kier alpha value is -1.81. The second-order valence-corrected chi connectivity index (χ2v) is 5.00. The summed E-state index contributed by atoms with van der Waals surface area (Å²) in [5, 5.41) is 3.50. The summed E-state index contributed by atoms with van der Waals surface area (Å²) >= 11 is 0. The van der Waals surface area contributed by atoms with Gasteiger partial charge in [-0.2, -0.15) is 0 Å². The Balaban J connectivity index is 2.05. The first kappa shape index (κ1) is 14.6. The molecule has 0 spiro atoms. The molecule has 20 heavy (non-hydrogen) atoms. The van der Waals surface area contributed by atoms with Crippen molar-refractivity contribution in [3.8, 4) is 5.75 Å². The Labute approximate surface area is 120 Å². The van der Waals surface area contributed by atoms with Gasteiger partial charge in [-0.15, -0.1) is 0 Å². The topological polar surface area (TPSA) is 39.1 Å². The number of aryl methyl sites for hydroxylation is 1. The van der Waals surface area contributed by atoms with E-state index in [2.05, 4.69) is 36.3 Å². The van der Waals surface area contributed by atoms with E-state index < -0.39 is 0 Å². The molecule has 0 aliphatic heterocycles. The molecule has 0 aliphatic carbocycles. The third kappa shape index (κ3) is 3.61. The summed E-state index contributed by atoms with van der Waals surface area (Å²) in [5.74, 6) is 0.935. The summed E-state index contributed by atoms with van der Waals surface area (Å²) in [4.78, 5) is 4.10. The van der Waals surface area contributed by atoms with Crippen molar-refractivity contribution in [2.75, 3.05) is 6.54 Å². The molecule has 0 radical (unpaired) electrons. The lowest BCUT2D eigenvalue weighted by atomic mass is 10.1. The minimum absolute atomic E-state index is 0.290. The lowest BCUT2D eigenvalue weighted by Gasteiger charge is -2.18. The van der Waals surface area contributed by atoms with Crippen molar-refractivity contribution in [3.05, 3.63) is 48.0 Å². The fourth-order valence-corrected chi connectivity index (χ4v) is 2.12. The van der Waals surface area contributed by atoms with E-state index in [1.807, 2.05) is 29.9 Å². The van der Waals surface area contributed by atoms with E-state index in [4.69, 9.17) is 4.74 Å². The van der Waals surface area contributed by atoms with Crippen LogP contribution in [0.2, 0.25) is 0 Å². The van der Waals surface area contributed by atoms with Crippen LogP contribution in [0.3, 0.4) is 0 Å². The highest BCUT2D eigenvalue weighted by atomic mass is 16.5. The molecule has 4 heteroatoms. The predicted molar refractivity (Wildman–Crippen MR) is 80.7 cm³/mol. The molecular weight excluding hydrogens is 250 g/mol. The van der Waals surface area contributed by atoms with Crippen LogP contribution in [-0.4, -0.2) is 16.1 Å². The standard InChI is InChI=1S/C16H23N3O/c1-4-9-18-13(2)15-7-5-6-8-16(15)20-11-14-10-17-12-19(14)3/h5-8,10,12-13,18H,4,9,11H2,1-3H3. The molecule has 108 valence electrons. The number of hydrogen-bond donors (Lipinski definition) is 1. The quantitative estimate of drug-likeness (QED) is 0.842. The van der Waals surface area contributed by atoms with Crippen LogP contribution in [0.15, 0.2) is 36.8 Å². The van der Waals surface area contributed by atoms with Gasteiger partial charge in [-0.25, -0.2) is 4.98 Å². The van der Waals surface area contributed by atoms with Crippen LogP contribution in [0.4, 0.5) is 0 Å². The van der Waals surface area contributed by atoms with Gasteiger partial charge in [-0.1, -0.05) is 25.1 Å². The Morgan fingerprint density at radius 2 is 2.15 bits per heavy atom. The van der Waals surface area contributed by atoms with Gasteiger partial charge in [0.15, 0.2) is 0 Å². The molecule has 0 saturated carbocycles. The molecule has 0 bridgehead atoms. The number of nitrogens with zero attached hydrogens (tertiary/aromatic N) is 2. The number of ether oxygens (including phenoxy) is 1. The van der Waals surface area contributed by atoms with Gasteiger partial charge in [-0.3, -0.25) is 0 Å².